The SMILES string of the molecule is Cc1ccc(CN=C(N)NCCc2cccs2)c(OCC(F)(F)F)c1. The lowest BCUT2D eigenvalue weighted by Gasteiger charge is -2.13. The number of nitrogens with two attached hydrogens (primary N) is 1. The Morgan fingerprint density at radius 3 is 2.80 bits per heavy atom. The quantitative estimate of drug-likeness (QED) is 0.577. The van der Waals surface area contributed by atoms with Crippen LogP contribution in [-0.2, 0) is 13.0 Å². The Labute approximate surface area is 148 Å². The number of alkyl halides is 3. The van der Waals surface area contributed by atoms with E-state index in [9.17, 15) is 13.2 Å². The van der Waals surface area contributed by atoms with E-state index < -0.39 is 12.8 Å². The minimum atomic E-state index is -4.38. The summed E-state index contributed by atoms with van der Waals surface area (Å²) in [4.78, 5) is 5.41. The van der Waals surface area contributed by atoms with Crippen LogP contribution >= 0.6 is 11.3 Å². The molecule has 0 aliphatic rings. The summed E-state index contributed by atoms with van der Waals surface area (Å²) in [5.41, 5.74) is 7.17. The van der Waals surface area contributed by atoms with Gasteiger partial charge in [-0.05, 0) is 36.4 Å². The third kappa shape index (κ3) is 7.04. The average Bonchev–Trinajstić information content (AvgIpc) is 3.04. The third-order valence-corrected chi connectivity index (χ3v) is 4.23. The lowest BCUT2D eigenvalue weighted by atomic mass is 10.1. The predicted molar refractivity (Wildman–Crippen MR) is 94.1 cm³/mol. The number of halogens is 3. The molecule has 3 N–H and O–H groups in total. The Morgan fingerprint density at radius 2 is 2.12 bits per heavy atom. The van der Waals surface area contributed by atoms with E-state index >= 15 is 0 Å². The summed E-state index contributed by atoms with van der Waals surface area (Å²) in [7, 11) is 0. The molecular weight excluding hydrogens is 351 g/mol. The molecule has 0 saturated carbocycles. The van der Waals surface area contributed by atoms with E-state index in [1.54, 1.807) is 36.5 Å². The van der Waals surface area contributed by atoms with Crippen molar-refractivity contribution in [3.05, 3.63) is 51.7 Å². The van der Waals surface area contributed by atoms with Crippen LogP contribution in [0.5, 0.6) is 5.75 Å². The number of guanidine groups is 1. The number of thiophene rings is 1. The van der Waals surface area contributed by atoms with Gasteiger partial charge >= 0.3 is 6.18 Å². The number of nitrogens with zero attached hydrogens (tertiary/aromatic N) is 1. The van der Waals surface area contributed by atoms with E-state index in [2.05, 4.69) is 10.3 Å². The maximum atomic E-state index is 12.4. The second kappa shape index (κ2) is 8.75. The molecule has 0 aliphatic carbocycles. The summed E-state index contributed by atoms with van der Waals surface area (Å²) in [6, 6.07) is 9.08. The molecule has 25 heavy (non-hydrogen) atoms. The summed E-state index contributed by atoms with van der Waals surface area (Å²) in [6.45, 7) is 1.24. The lowest BCUT2D eigenvalue weighted by molar-refractivity contribution is -0.153. The van der Waals surface area contributed by atoms with E-state index in [4.69, 9.17) is 10.5 Å². The molecule has 4 nitrogen and oxygen atoms in total. The molecule has 0 aliphatic heterocycles. The molecule has 0 amide bonds. The van der Waals surface area contributed by atoms with Crippen molar-refractivity contribution in [3.63, 3.8) is 0 Å². The zero-order valence-electron chi connectivity index (χ0n) is 13.8. The van der Waals surface area contributed by atoms with Crippen LogP contribution in [0.15, 0.2) is 40.7 Å². The molecule has 1 aromatic carbocycles. The predicted octanol–water partition coefficient (Wildman–Crippen LogP) is 3.64. The van der Waals surface area contributed by atoms with Crippen LogP contribution in [0, 0.1) is 6.92 Å². The fourth-order valence-corrected chi connectivity index (χ4v) is 2.79. The highest BCUT2D eigenvalue weighted by atomic mass is 32.1. The van der Waals surface area contributed by atoms with Gasteiger partial charge in [0.1, 0.15) is 5.75 Å². The molecule has 0 fully saturated rings. The number of aryl methyl sites for hydroxylation is 1. The monoisotopic (exact) mass is 371 g/mol. The number of aliphatic imine (C=N–C) groups is 1. The van der Waals surface area contributed by atoms with Crippen LogP contribution < -0.4 is 15.8 Å². The van der Waals surface area contributed by atoms with Gasteiger partial charge in [0.05, 0.1) is 6.54 Å². The second-order valence-corrected chi connectivity index (χ2v) is 6.50. The summed E-state index contributed by atoms with van der Waals surface area (Å²) >= 11 is 1.67. The summed E-state index contributed by atoms with van der Waals surface area (Å²) in [5.74, 6) is 0.423. The van der Waals surface area contributed by atoms with Crippen molar-refractivity contribution < 1.29 is 17.9 Å². The van der Waals surface area contributed by atoms with Gasteiger partial charge in [0.25, 0.3) is 0 Å². The molecule has 0 saturated heterocycles. The van der Waals surface area contributed by atoms with Gasteiger partial charge in [-0.2, -0.15) is 13.2 Å². The average molecular weight is 371 g/mol. The number of hydrogen-bond acceptors (Lipinski definition) is 3. The van der Waals surface area contributed by atoms with Crippen LogP contribution in [0.25, 0.3) is 0 Å². The topological polar surface area (TPSA) is 59.6 Å². The van der Waals surface area contributed by atoms with Crippen molar-refractivity contribution in [2.24, 2.45) is 10.7 Å². The minimum absolute atomic E-state index is 0.144. The smallest absolute Gasteiger partial charge is 0.422 e. The van der Waals surface area contributed by atoms with Gasteiger partial charge in [0.15, 0.2) is 12.6 Å². The third-order valence-electron chi connectivity index (χ3n) is 3.29. The van der Waals surface area contributed by atoms with E-state index in [0.717, 1.165) is 12.0 Å². The van der Waals surface area contributed by atoms with Gasteiger partial charge in [0.2, 0.25) is 0 Å². The highest BCUT2D eigenvalue weighted by Crippen LogP contribution is 2.24. The van der Waals surface area contributed by atoms with Gasteiger partial charge in [-0.25, -0.2) is 4.99 Å². The maximum Gasteiger partial charge on any atom is 0.422 e. The van der Waals surface area contributed by atoms with Crippen molar-refractivity contribution in [1.82, 2.24) is 5.32 Å². The first-order valence-corrected chi connectivity index (χ1v) is 8.57. The van der Waals surface area contributed by atoms with E-state index in [0.29, 0.717) is 12.1 Å². The van der Waals surface area contributed by atoms with Crippen molar-refractivity contribution >= 4 is 17.3 Å². The first-order valence-electron chi connectivity index (χ1n) is 7.69. The Morgan fingerprint density at radius 1 is 1.32 bits per heavy atom. The van der Waals surface area contributed by atoms with Gasteiger partial charge in [0, 0.05) is 17.0 Å². The van der Waals surface area contributed by atoms with Crippen LogP contribution in [0.4, 0.5) is 13.2 Å². The van der Waals surface area contributed by atoms with Crippen LogP contribution in [-0.4, -0.2) is 25.3 Å². The minimum Gasteiger partial charge on any atom is -0.484 e. The lowest BCUT2D eigenvalue weighted by Crippen LogP contribution is -2.33. The van der Waals surface area contributed by atoms with Gasteiger partial charge < -0.3 is 15.8 Å². The fraction of sp³-hybridized carbons (Fsp3) is 0.353. The zero-order valence-corrected chi connectivity index (χ0v) is 14.6. The van der Waals surface area contributed by atoms with Gasteiger partial charge in [-0.3, -0.25) is 0 Å². The summed E-state index contributed by atoms with van der Waals surface area (Å²) < 4.78 is 42.0. The molecule has 8 heteroatoms. The molecule has 0 bridgehead atoms. The number of hydrogen-bond donors (Lipinski definition) is 2. The molecule has 136 valence electrons. The van der Waals surface area contributed by atoms with E-state index in [-0.39, 0.29) is 18.3 Å². The van der Waals surface area contributed by atoms with E-state index in [1.807, 2.05) is 17.5 Å². The molecule has 0 unspecified atom stereocenters. The van der Waals surface area contributed by atoms with Crippen LogP contribution in [0.3, 0.4) is 0 Å². The molecular formula is C17H20F3N3OS. The van der Waals surface area contributed by atoms with Crippen LogP contribution in [0.2, 0.25) is 0 Å². The molecule has 0 radical (unpaired) electrons. The Hall–Kier alpha value is -2.22. The second-order valence-electron chi connectivity index (χ2n) is 5.47. The normalized spacial score (nSPS) is 12.2. The Balaban J connectivity index is 1.91. The summed E-state index contributed by atoms with van der Waals surface area (Å²) in [6.07, 6.45) is -3.55. The Kier molecular flexibility index (Phi) is 6.69. The van der Waals surface area contributed by atoms with Crippen molar-refractivity contribution in [3.8, 4) is 5.75 Å². The number of nitrogens with one attached hydrogen (secondary N) is 1. The molecule has 0 spiro atoms. The maximum absolute atomic E-state index is 12.4. The number of rotatable bonds is 7. The Bertz CT molecular complexity index is 700. The van der Waals surface area contributed by atoms with Crippen molar-refractivity contribution in [1.29, 1.82) is 0 Å². The van der Waals surface area contributed by atoms with Gasteiger partial charge in [-0.15, -0.1) is 11.3 Å². The van der Waals surface area contributed by atoms with Crippen molar-refractivity contribution in [2.75, 3.05) is 13.2 Å². The first kappa shape index (κ1) is 19.1. The zero-order chi connectivity index (χ0) is 18.3. The molecule has 1 heterocycles. The van der Waals surface area contributed by atoms with E-state index in [1.165, 1.54) is 4.88 Å². The highest BCUT2D eigenvalue weighted by molar-refractivity contribution is 7.09. The molecule has 0 atom stereocenters. The highest BCUT2D eigenvalue weighted by Gasteiger charge is 2.28. The standard InChI is InChI=1S/C17H20F3N3OS/c1-12-4-5-13(15(9-12)24-11-17(18,19)20)10-23-16(21)22-7-6-14-3-2-8-25-14/h2-5,8-9H,6-7,10-11H2,1H3,(H3,21,22,23). The van der Waals surface area contributed by atoms with Gasteiger partial charge in [-0.1, -0.05) is 18.2 Å². The number of benzene rings is 1. The first-order chi connectivity index (χ1) is 11.8. The number of ether oxygens (including phenoxy) is 1. The fourth-order valence-electron chi connectivity index (χ4n) is 2.08. The molecule has 2 rings (SSSR count). The molecule has 2 aromatic rings. The van der Waals surface area contributed by atoms with Crippen molar-refractivity contribution in [2.45, 2.75) is 26.1 Å². The largest absolute Gasteiger partial charge is 0.484 e. The summed E-state index contributed by atoms with van der Waals surface area (Å²) in [5, 5.41) is 5.00. The van der Waals surface area contributed by atoms with Crippen LogP contribution in [0.1, 0.15) is 16.0 Å². The molecule has 1 aromatic heterocycles.